The summed E-state index contributed by atoms with van der Waals surface area (Å²) in [4.78, 5) is 12.8. The zero-order valence-electron chi connectivity index (χ0n) is 13.7. The summed E-state index contributed by atoms with van der Waals surface area (Å²) in [6, 6.07) is 10.4. The molecular weight excluding hydrogens is 271 g/mol. The lowest BCUT2D eigenvalue weighted by Gasteiger charge is -2.12. The van der Waals surface area contributed by atoms with Crippen LogP contribution in [-0.2, 0) is 17.7 Å². The van der Waals surface area contributed by atoms with Gasteiger partial charge in [-0.05, 0) is 54.1 Å². The fourth-order valence-corrected chi connectivity index (χ4v) is 3.22. The Hall–Kier alpha value is -1.87. The SMILES string of the molecule is CB1OCc2ccc(CC(=O)c3c(C)ccc(C)c3C)cc21. The number of hydrogen-bond acceptors (Lipinski definition) is 2. The molecule has 0 spiro atoms. The third kappa shape index (κ3) is 2.61. The molecule has 1 aliphatic rings. The summed E-state index contributed by atoms with van der Waals surface area (Å²) in [7, 11) is 0. The summed E-state index contributed by atoms with van der Waals surface area (Å²) < 4.78 is 5.64. The van der Waals surface area contributed by atoms with Gasteiger partial charge >= 0.3 is 6.92 Å². The molecule has 3 rings (SSSR count). The van der Waals surface area contributed by atoms with Crippen LogP contribution in [-0.4, -0.2) is 12.7 Å². The number of carbonyl (C=O) groups excluding carboxylic acids is 1. The molecule has 2 aromatic carbocycles. The number of ketones is 1. The van der Waals surface area contributed by atoms with Crippen LogP contribution in [0.1, 0.15) is 38.2 Å². The second kappa shape index (κ2) is 5.73. The lowest BCUT2D eigenvalue weighted by molar-refractivity contribution is 0.0991. The first-order valence-corrected chi connectivity index (χ1v) is 7.80. The lowest BCUT2D eigenvalue weighted by atomic mass is 9.64. The largest absolute Gasteiger partial charge is 0.427 e. The van der Waals surface area contributed by atoms with Crippen molar-refractivity contribution in [2.45, 2.75) is 40.6 Å². The summed E-state index contributed by atoms with van der Waals surface area (Å²) in [6.45, 7) is 8.98. The highest BCUT2D eigenvalue weighted by molar-refractivity contribution is 6.67. The van der Waals surface area contributed by atoms with Crippen LogP contribution in [0.4, 0.5) is 0 Å². The van der Waals surface area contributed by atoms with Crippen LogP contribution in [0, 0.1) is 20.8 Å². The van der Waals surface area contributed by atoms with Gasteiger partial charge in [-0.2, -0.15) is 0 Å². The van der Waals surface area contributed by atoms with Crippen molar-refractivity contribution in [2.24, 2.45) is 0 Å². The van der Waals surface area contributed by atoms with Crippen molar-refractivity contribution in [3.63, 3.8) is 0 Å². The molecular formula is C19H21BO2. The van der Waals surface area contributed by atoms with Gasteiger partial charge < -0.3 is 4.65 Å². The van der Waals surface area contributed by atoms with Crippen LogP contribution in [0.15, 0.2) is 30.3 Å². The highest BCUT2D eigenvalue weighted by Gasteiger charge is 2.24. The number of aryl methyl sites for hydroxylation is 2. The predicted molar refractivity (Wildman–Crippen MR) is 91.2 cm³/mol. The Morgan fingerprint density at radius 3 is 2.64 bits per heavy atom. The topological polar surface area (TPSA) is 26.3 Å². The molecule has 0 saturated carbocycles. The van der Waals surface area contributed by atoms with Crippen molar-refractivity contribution in [1.29, 1.82) is 0 Å². The van der Waals surface area contributed by atoms with Gasteiger partial charge in [-0.1, -0.05) is 37.2 Å². The first-order valence-electron chi connectivity index (χ1n) is 7.80. The quantitative estimate of drug-likeness (QED) is 0.640. The fraction of sp³-hybridized carbons (Fsp3) is 0.316. The van der Waals surface area contributed by atoms with Crippen molar-refractivity contribution in [3.05, 3.63) is 63.7 Å². The maximum Gasteiger partial charge on any atom is 0.324 e. The van der Waals surface area contributed by atoms with Gasteiger partial charge in [0.25, 0.3) is 0 Å². The molecule has 0 amide bonds. The van der Waals surface area contributed by atoms with Crippen LogP contribution in [0.25, 0.3) is 0 Å². The summed E-state index contributed by atoms with van der Waals surface area (Å²) >= 11 is 0. The summed E-state index contributed by atoms with van der Waals surface area (Å²) in [5, 5.41) is 0. The third-order valence-electron chi connectivity index (χ3n) is 4.72. The number of hydrogen-bond donors (Lipinski definition) is 0. The van der Waals surface area contributed by atoms with E-state index in [0.29, 0.717) is 13.0 Å². The van der Waals surface area contributed by atoms with Gasteiger partial charge in [0.2, 0.25) is 0 Å². The minimum atomic E-state index is 0.132. The third-order valence-corrected chi connectivity index (χ3v) is 4.72. The lowest BCUT2D eigenvalue weighted by Crippen LogP contribution is -2.25. The number of carbonyl (C=O) groups is 1. The van der Waals surface area contributed by atoms with E-state index in [-0.39, 0.29) is 12.7 Å². The Morgan fingerprint density at radius 1 is 1.14 bits per heavy atom. The van der Waals surface area contributed by atoms with Gasteiger partial charge in [0.1, 0.15) is 0 Å². The first kappa shape index (κ1) is 15.0. The number of rotatable bonds is 3. The highest BCUT2D eigenvalue weighted by Crippen LogP contribution is 2.20. The standard InChI is InChI=1S/C19H21BO2/c1-12-5-6-13(2)19(14(12)3)18(21)10-15-7-8-16-11-22-20(4)17(16)9-15/h5-9H,10-11H2,1-4H3. The molecule has 0 radical (unpaired) electrons. The Morgan fingerprint density at radius 2 is 1.86 bits per heavy atom. The zero-order chi connectivity index (χ0) is 15.9. The Balaban J connectivity index is 1.90. The van der Waals surface area contributed by atoms with E-state index in [2.05, 4.69) is 38.0 Å². The molecule has 112 valence electrons. The molecule has 2 nitrogen and oxygen atoms in total. The molecule has 0 fully saturated rings. The second-order valence-corrected chi connectivity index (χ2v) is 6.29. The molecule has 1 heterocycles. The molecule has 0 atom stereocenters. The maximum absolute atomic E-state index is 12.8. The number of benzene rings is 2. The maximum atomic E-state index is 12.8. The van der Waals surface area contributed by atoms with Gasteiger partial charge in [-0.25, -0.2) is 0 Å². The minimum absolute atomic E-state index is 0.132. The van der Waals surface area contributed by atoms with Gasteiger partial charge in [-0.3, -0.25) is 4.79 Å². The fourth-order valence-electron chi connectivity index (χ4n) is 3.22. The van der Waals surface area contributed by atoms with Crippen molar-refractivity contribution in [3.8, 4) is 0 Å². The number of fused-ring (bicyclic) bond motifs is 1. The average molecular weight is 292 g/mol. The Bertz CT molecular complexity index is 749. The van der Waals surface area contributed by atoms with Gasteiger partial charge in [-0.15, -0.1) is 0 Å². The number of Topliss-reactive ketones (excluding diaryl/α,β-unsaturated/α-hetero) is 1. The van der Waals surface area contributed by atoms with E-state index >= 15 is 0 Å². The van der Waals surface area contributed by atoms with Gasteiger partial charge in [0.05, 0.1) is 6.61 Å². The first-order chi connectivity index (χ1) is 10.5. The second-order valence-electron chi connectivity index (χ2n) is 6.29. The van der Waals surface area contributed by atoms with Crippen molar-refractivity contribution >= 4 is 18.2 Å². The van der Waals surface area contributed by atoms with Crippen molar-refractivity contribution in [2.75, 3.05) is 0 Å². The van der Waals surface area contributed by atoms with E-state index in [9.17, 15) is 4.79 Å². The van der Waals surface area contributed by atoms with E-state index in [1.54, 1.807) is 0 Å². The van der Waals surface area contributed by atoms with E-state index in [4.69, 9.17) is 4.65 Å². The van der Waals surface area contributed by atoms with Crippen molar-refractivity contribution in [1.82, 2.24) is 0 Å². The summed E-state index contributed by atoms with van der Waals surface area (Å²) in [6.07, 6.45) is 0.450. The molecule has 0 N–H and O–H groups in total. The van der Waals surface area contributed by atoms with E-state index < -0.39 is 0 Å². The Kier molecular flexibility index (Phi) is 3.92. The average Bonchev–Trinajstić information content (AvgIpc) is 2.85. The van der Waals surface area contributed by atoms with Crippen LogP contribution < -0.4 is 5.46 Å². The molecule has 0 aromatic heterocycles. The molecule has 0 unspecified atom stereocenters. The molecule has 22 heavy (non-hydrogen) atoms. The molecule has 0 saturated heterocycles. The monoisotopic (exact) mass is 292 g/mol. The van der Waals surface area contributed by atoms with Gasteiger partial charge in [0.15, 0.2) is 5.78 Å². The minimum Gasteiger partial charge on any atom is -0.427 e. The highest BCUT2D eigenvalue weighted by atomic mass is 16.4. The van der Waals surface area contributed by atoms with Crippen LogP contribution in [0.2, 0.25) is 6.82 Å². The van der Waals surface area contributed by atoms with E-state index in [1.807, 2.05) is 19.9 Å². The van der Waals surface area contributed by atoms with E-state index in [0.717, 1.165) is 22.3 Å². The smallest absolute Gasteiger partial charge is 0.324 e. The molecule has 0 bridgehead atoms. The molecule has 2 aromatic rings. The molecule has 0 aliphatic carbocycles. The Labute approximate surface area is 132 Å². The summed E-state index contributed by atoms with van der Waals surface area (Å²) in [5.41, 5.74) is 7.75. The van der Waals surface area contributed by atoms with Gasteiger partial charge in [0, 0.05) is 12.0 Å². The molecule has 1 aliphatic heterocycles. The summed E-state index contributed by atoms with van der Waals surface area (Å²) in [5.74, 6) is 0.199. The van der Waals surface area contributed by atoms with Crippen LogP contribution in [0.5, 0.6) is 0 Å². The molecule has 3 heteroatoms. The normalized spacial score (nSPS) is 13.4. The zero-order valence-corrected chi connectivity index (χ0v) is 13.7. The van der Waals surface area contributed by atoms with Crippen LogP contribution in [0.3, 0.4) is 0 Å². The van der Waals surface area contributed by atoms with Crippen LogP contribution >= 0.6 is 0 Å². The van der Waals surface area contributed by atoms with E-state index in [1.165, 1.54) is 16.6 Å². The van der Waals surface area contributed by atoms with Crippen molar-refractivity contribution < 1.29 is 9.45 Å². The predicted octanol–water partition coefficient (Wildman–Crippen LogP) is 3.40.